The van der Waals surface area contributed by atoms with Crippen molar-refractivity contribution in [2.75, 3.05) is 27.7 Å². The number of aliphatic hydroxyl groups is 1. The van der Waals surface area contributed by atoms with Crippen molar-refractivity contribution in [2.45, 2.75) is 147 Å². The number of nitrogens with two attached hydrogens (primary N) is 3. The maximum atomic E-state index is 14.8. The monoisotopic (exact) mass is 1030 g/mol. The van der Waals surface area contributed by atoms with Crippen LogP contribution in [0.4, 0.5) is 0 Å². The molecule has 2 saturated heterocycles. The number of cyclic esters (lactones) is 1. The largest absolute Gasteiger partial charge is 0.508 e. The number of ether oxygens (including phenoxy) is 2. The summed E-state index contributed by atoms with van der Waals surface area (Å²) >= 11 is 0. The van der Waals surface area contributed by atoms with E-state index in [2.05, 4.69) is 36.9 Å². The molecule has 0 spiro atoms. The average molecular weight is 1030 g/mol. The highest BCUT2D eigenvalue weighted by molar-refractivity contribution is 5.99. The van der Waals surface area contributed by atoms with E-state index in [0.29, 0.717) is 0 Å². The third kappa shape index (κ3) is 16.5. The van der Waals surface area contributed by atoms with Crippen molar-refractivity contribution in [3.8, 4) is 5.75 Å². The number of benzene rings is 1. The lowest BCUT2D eigenvalue weighted by Gasteiger charge is -2.36. The summed E-state index contributed by atoms with van der Waals surface area (Å²) in [5.74, 6) is -11.1. The van der Waals surface area contributed by atoms with Crippen molar-refractivity contribution in [3.05, 3.63) is 29.8 Å². The molecule has 13 atom stereocenters. The van der Waals surface area contributed by atoms with Crippen LogP contribution in [0.15, 0.2) is 29.3 Å². The summed E-state index contributed by atoms with van der Waals surface area (Å²) in [7, 11) is 3.68. The molecule has 0 bridgehead atoms. The van der Waals surface area contributed by atoms with Crippen LogP contribution in [0.5, 0.6) is 5.75 Å². The number of hydrogen-bond acceptors (Lipinski definition) is 15. The summed E-state index contributed by atoms with van der Waals surface area (Å²) in [6.45, 7) is 10.4. The zero-order valence-electron chi connectivity index (χ0n) is 43.0. The molecule has 73 heavy (non-hydrogen) atoms. The second kappa shape index (κ2) is 27.1. The number of nitrogens with one attached hydrogen (secondary N) is 6. The SMILES string of the molecule is COC(c1ccc(O)cc1)C1NC(=O)[C@H](CCC(N)=O)N(C)C(=O)[C@H](CC(C)C)NC(=O)[C@@H](CCCN=C(N)N)NC(=O)[C@H](C(C)O)NC(=O)[C@@H](NC(=O)C2NC(=O)[C@H](C)[C@@H]2C)[C@@H](C)OC(=O)[C@H](C)N(C)C1=O. The number of rotatable bonds is 15. The number of guanidine groups is 1. The Morgan fingerprint density at radius 3 is 1.92 bits per heavy atom. The van der Waals surface area contributed by atoms with Crippen LogP contribution in [0.3, 0.4) is 0 Å². The number of aromatic hydroxyl groups is 1. The summed E-state index contributed by atoms with van der Waals surface area (Å²) in [5, 5.41) is 36.3. The van der Waals surface area contributed by atoms with Crippen molar-refractivity contribution in [3.63, 3.8) is 0 Å². The number of nitrogens with zero attached hydrogens (tertiary/aromatic N) is 3. The van der Waals surface area contributed by atoms with E-state index in [1.54, 1.807) is 27.7 Å². The van der Waals surface area contributed by atoms with Crippen LogP contribution in [-0.4, -0.2) is 173 Å². The van der Waals surface area contributed by atoms with Gasteiger partial charge in [-0.25, -0.2) is 4.79 Å². The minimum absolute atomic E-state index is 0.0162. The molecule has 2 fully saturated rings. The highest BCUT2D eigenvalue weighted by Crippen LogP contribution is 2.27. The third-order valence-corrected chi connectivity index (χ3v) is 13.0. The summed E-state index contributed by atoms with van der Waals surface area (Å²) in [5.41, 5.74) is 16.8. The topological polar surface area (TPSA) is 399 Å². The average Bonchev–Trinajstić information content (AvgIpc) is 3.58. The molecule has 3 rings (SSSR count). The molecule has 26 nitrogen and oxygen atoms in total. The van der Waals surface area contributed by atoms with Crippen LogP contribution < -0.4 is 49.1 Å². The van der Waals surface area contributed by atoms with Crippen LogP contribution in [0.25, 0.3) is 0 Å². The number of aliphatic imine (C=N–C) groups is 1. The lowest BCUT2D eigenvalue weighted by atomic mass is 9.93. The Kier molecular flexibility index (Phi) is 22.4. The molecular formula is C47H74N12O14. The number of carbonyl (C=O) groups excluding carboxylic acids is 10. The fraction of sp³-hybridized carbons (Fsp3) is 0.638. The second-order valence-electron chi connectivity index (χ2n) is 19.0. The zero-order chi connectivity index (χ0) is 55.2. The molecule has 406 valence electrons. The Balaban J connectivity index is 2.30. The van der Waals surface area contributed by atoms with Crippen LogP contribution in [0.1, 0.15) is 92.2 Å². The quantitative estimate of drug-likeness (QED) is 0.0354. The van der Waals surface area contributed by atoms with Crippen molar-refractivity contribution in [2.24, 2.45) is 39.9 Å². The maximum Gasteiger partial charge on any atom is 0.328 e. The number of phenolic OH excluding ortho intramolecular Hbond substituents is 1. The number of hydrogen-bond donors (Lipinski definition) is 11. The smallest absolute Gasteiger partial charge is 0.328 e. The van der Waals surface area contributed by atoms with E-state index in [1.807, 2.05) is 0 Å². The number of carbonyl (C=O) groups is 10. The van der Waals surface area contributed by atoms with Gasteiger partial charge in [-0.05, 0) is 76.0 Å². The van der Waals surface area contributed by atoms with E-state index in [4.69, 9.17) is 26.7 Å². The van der Waals surface area contributed by atoms with E-state index >= 15 is 0 Å². The van der Waals surface area contributed by atoms with Gasteiger partial charge in [0.25, 0.3) is 0 Å². The van der Waals surface area contributed by atoms with E-state index in [0.717, 1.165) is 16.7 Å². The van der Waals surface area contributed by atoms with Gasteiger partial charge in [0, 0.05) is 40.1 Å². The molecule has 14 N–H and O–H groups in total. The van der Waals surface area contributed by atoms with Gasteiger partial charge in [-0.2, -0.15) is 0 Å². The molecule has 0 radical (unpaired) electrons. The fourth-order valence-electron chi connectivity index (χ4n) is 8.28. The van der Waals surface area contributed by atoms with Gasteiger partial charge in [0.05, 0.1) is 6.10 Å². The number of aliphatic hydroxyl groups excluding tert-OH is 1. The number of primary amides is 1. The van der Waals surface area contributed by atoms with Gasteiger partial charge in [-0.1, -0.05) is 39.8 Å². The second-order valence-corrected chi connectivity index (χ2v) is 19.0. The van der Waals surface area contributed by atoms with E-state index in [9.17, 15) is 58.2 Å². The first-order chi connectivity index (χ1) is 34.1. The summed E-state index contributed by atoms with van der Waals surface area (Å²) in [4.78, 5) is 145. The number of methoxy groups -OCH3 is 1. The summed E-state index contributed by atoms with van der Waals surface area (Å²) < 4.78 is 11.5. The minimum atomic E-state index is -1.85. The molecular weight excluding hydrogens is 957 g/mol. The summed E-state index contributed by atoms with van der Waals surface area (Å²) in [6.07, 6.45) is -5.55. The molecule has 1 aromatic rings. The van der Waals surface area contributed by atoms with Crippen molar-refractivity contribution in [1.29, 1.82) is 0 Å². The van der Waals surface area contributed by atoms with Gasteiger partial charge >= 0.3 is 5.97 Å². The van der Waals surface area contributed by atoms with Crippen molar-refractivity contribution in [1.82, 2.24) is 41.7 Å². The highest BCUT2D eigenvalue weighted by atomic mass is 16.5. The van der Waals surface area contributed by atoms with Crippen LogP contribution in [-0.2, 0) is 57.4 Å². The first-order valence-electron chi connectivity index (χ1n) is 24.0. The first kappa shape index (κ1) is 60.2. The molecule has 9 amide bonds. The zero-order valence-corrected chi connectivity index (χ0v) is 43.0. The van der Waals surface area contributed by atoms with Gasteiger partial charge in [-0.3, -0.25) is 48.1 Å². The molecule has 2 heterocycles. The molecule has 1 aromatic carbocycles. The summed E-state index contributed by atoms with van der Waals surface area (Å²) in [6, 6.07) is -7.09. The Labute approximate surface area is 424 Å². The fourth-order valence-corrected chi connectivity index (χ4v) is 8.28. The Hall–Kier alpha value is -7.09. The molecule has 0 aromatic heterocycles. The van der Waals surface area contributed by atoms with Gasteiger partial charge in [-0.15, -0.1) is 0 Å². The van der Waals surface area contributed by atoms with Crippen molar-refractivity contribution < 1.29 is 67.6 Å². The van der Waals surface area contributed by atoms with Gasteiger partial charge in [0.2, 0.25) is 53.2 Å². The predicted octanol–water partition coefficient (Wildman–Crippen LogP) is -3.36. The Morgan fingerprint density at radius 1 is 0.781 bits per heavy atom. The number of likely N-dealkylation sites (N-methyl/N-ethyl adjacent to an activating group) is 2. The number of esters is 1. The molecule has 0 saturated carbocycles. The lowest BCUT2D eigenvalue weighted by Crippen LogP contribution is -2.63. The van der Waals surface area contributed by atoms with Crippen LogP contribution in [0, 0.1) is 17.8 Å². The van der Waals surface area contributed by atoms with Crippen LogP contribution in [0.2, 0.25) is 0 Å². The standard InChI is InChI=1S/C47H74N12O14/c1-21(2)20-30-44(69)59(9)31(17-18-32(48)62)40(65)57-36(37(72-10)27-13-15-28(61)16-14-27)45(70)58(8)24(5)46(71)73-26(7)35(56-41(66)33-22(3)23(4)38(63)54-33)43(68)55-34(25(6)60)42(67)52-29(39(64)53-30)12-11-19-51-47(49)50/h13-16,21-26,29-31,33-37,60-61H,11-12,17-20H2,1-10H3,(H2,48,62)(H,52,67)(H,53,64)(H,54,63)(H,55,68)(H,56,66)(H,57,65)(H4,49,50,51)/t22-,23+,24-,25?,26+,29+,30-,31-,33?,34-,35-,36?,37?/m0/s1. The van der Waals surface area contributed by atoms with Crippen molar-refractivity contribution >= 4 is 65.1 Å². The van der Waals surface area contributed by atoms with Gasteiger partial charge in [0.1, 0.15) is 66.3 Å². The lowest BCUT2D eigenvalue weighted by molar-refractivity contribution is -0.161. The van der Waals surface area contributed by atoms with Gasteiger partial charge in [0.15, 0.2) is 5.96 Å². The molecule has 2 aliphatic heterocycles. The van der Waals surface area contributed by atoms with Gasteiger partial charge < -0.3 is 78.6 Å². The van der Waals surface area contributed by atoms with E-state index in [1.165, 1.54) is 59.3 Å². The Bertz CT molecular complexity index is 2210. The maximum absolute atomic E-state index is 14.8. The highest BCUT2D eigenvalue weighted by Gasteiger charge is 2.45. The third-order valence-electron chi connectivity index (χ3n) is 13.0. The number of phenols is 1. The first-order valence-corrected chi connectivity index (χ1v) is 24.0. The molecule has 2 aliphatic rings. The predicted molar refractivity (Wildman–Crippen MR) is 262 cm³/mol. The minimum Gasteiger partial charge on any atom is -0.508 e. The Morgan fingerprint density at radius 2 is 1.38 bits per heavy atom. The van der Waals surface area contributed by atoms with Crippen LogP contribution >= 0.6 is 0 Å². The number of amides is 9. The van der Waals surface area contributed by atoms with E-state index < -0.39 is 144 Å². The van der Waals surface area contributed by atoms with E-state index in [-0.39, 0.29) is 55.4 Å². The normalized spacial score (nSPS) is 28.2. The molecule has 26 heteroatoms. The molecule has 4 unspecified atom stereocenters. The molecule has 0 aliphatic carbocycles.